The largest absolute Gasteiger partial charge is 0.487 e. The molecule has 0 saturated heterocycles. The van der Waals surface area contributed by atoms with E-state index in [4.69, 9.17) is 4.74 Å². The second-order valence-corrected chi connectivity index (χ2v) is 6.09. The number of aromatic amines is 1. The molecule has 1 aromatic heterocycles. The Morgan fingerprint density at radius 1 is 1.17 bits per heavy atom. The number of hydrogen-bond donors (Lipinski definition) is 3. The van der Waals surface area contributed by atoms with Crippen molar-refractivity contribution >= 4 is 21.8 Å². The van der Waals surface area contributed by atoms with Crippen LogP contribution in [0.25, 0.3) is 21.8 Å². The molecule has 2 aromatic carbocycles. The maximum Gasteiger partial charge on any atom is 0.253 e. The Bertz CT molecular complexity index is 811. The number of halogens is 1. The van der Waals surface area contributed by atoms with Gasteiger partial charge in [-0.2, -0.15) is 0 Å². The van der Waals surface area contributed by atoms with Crippen LogP contribution in [0.3, 0.4) is 0 Å². The van der Waals surface area contributed by atoms with Crippen LogP contribution in [0.15, 0.2) is 42.5 Å². The van der Waals surface area contributed by atoms with Gasteiger partial charge in [0.15, 0.2) is 0 Å². The lowest BCUT2D eigenvalue weighted by Crippen LogP contribution is -2.43. The fraction of sp³-hybridized carbons (Fsp3) is 0.333. The monoisotopic (exact) mass is 316 g/mol. The van der Waals surface area contributed by atoms with E-state index in [0.29, 0.717) is 5.75 Å². The van der Waals surface area contributed by atoms with Gasteiger partial charge >= 0.3 is 0 Å². The number of hydrogen-bond acceptors (Lipinski definition) is 3. The van der Waals surface area contributed by atoms with Crippen LogP contribution in [-0.4, -0.2) is 35.1 Å². The lowest BCUT2D eigenvalue weighted by Gasteiger charge is -2.21. The van der Waals surface area contributed by atoms with E-state index in [9.17, 15) is 9.50 Å². The summed E-state index contributed by atoms with van der Waals surface area (Å²) in [4.78, 5) is 3.31. The van der Waals surface area contributed by atoms with Crippen molar-refractivity contribution in [3.63, 3.8) is 0 Å². The number of alkyl halides is 1. The highest BCUT2D eigenvalue weighted by Crippen LogP contribution is 2.33. The van der Waals surface area contributed by atoms with E-state index >= 15 is 0 Å². The van der Waals surface area contributed by atoms with Gasteiger partial charge in [-0.3, -0.25) is 0 Å². The van der Waals surface area contributed by atoms with Crippen LogP contribution in [0.1, 0.15) is 13.8 Å². The van der Waals surface area contributed by atoms with E-state index in [1.54, 1.807) is 6.07 Å². The van der Waals surface area contributed by atoms with E-state index in [1.165, 1.54) is 0 Å². The highest BCUT2D eigenvalue weighted by molar-refractivity contribution is 6.10. The molecule has 0 bridgehead atoms. The summed E-state index contributed by atoms with van der Waals surface area (Å²) in [6.07, 6.45) is 0. The summed E-state index contributed by atoms with van der Waals surface area (Å²) >= 11 is 0. The third-order valence-electron chi connectivity index (χ3n) is 3.72. The van der Waals surface area contributed by atoms with Crippen molar-refractivity contribution in [1.29, 1.82) is 0 Å². The summed E-state index contributed by atoms with van der Waals surface area (Å²) in [5.74, 6) is -1.86. The van der Waals surface area contributed by atoms with Crippen LogP contribution in [0.5, 0.6) is 5.75 Å². The number of aliphatic hydroxyl groups is 1. The number of nitrogens with one attached hydrogen (secondary N) is 2. The Balaban J connectivity index is 1.86. The van der Waals surface area contributed by atoms with Crippen LogP contribution < -0.4 is 10.1 Å². The van der Waals surface area contributed by atoms with Crippen molar-refractivity contribution in [3.05, 3.63) is 42.5 Å². The summed E-state index contributed by atoms with van der Waals surface area (Å²) in [7, 11) is 0. The Morgan fingerprint density at radius 3 is 2.70 bits per heavy atom. The Hall–Kier alpha value is -2.11. The van der Waals surface area contributed by atoms with Gasteiger partial charge in [-0.25, -0.2) is 4.39 Å². The topological polar surface area (TPSA) is 57.3 Å². The molecule has 0 unspecified atom stereocenters. The molecule has 0 aliphatic rings. The lowest BCUT2D eigenvalue weighted by molar-refractivity contribution is -0.113. The average molecular weight is 316 g/mol. The first-order chi connectivity index (χ1) is 11.0. The molecule has 0 spiro atoms. The predicted octanol–water partition coefficient (Wildman–Crippen LogP) is 3.36. The molecule has 0 aliphatic carbocycles. The lowest BCUT2D eigenvalue weighted by atomic mass is 10.1. The minimum absolute atomic E-state index is 0.0920. The zero-order chi connectivity index (χ0) is 16.4. The molecule has 0 fully saturated rings. The van der Waals surface area contributed by atoms with Gasteiger partial charge in [0.2, 0.25) is 0 Å². The molecular formula is C18H21FN2O2. The van der Waals surface area contributed by atoms with Crippen LogP contribution in [0, 0.1) is 0 Å². The minimum Gasteiger partial charge on any atom is -0.487 e. The fourth-order valence-corrected chi connectivity index (χ4v) is 2.59. The molecule has 1 heterocycles. The third-order valence-corrected chi connectivity index (χ3v) is 3.72. The zero-order valence-electron chi connectivity index (χ0n) is 13.3. The minimum atomic E-state index is -2.42. The number of benzene rings is 2. The Labute approximate surface area is 134 Å². The Morgan fingerprint density at radius 2 is 1.91 bits per heavy atom. The molecule has 4 nitrogen and oxygen atoms in total. The number of rotatable bonds is 6. The van der Waals surface area contributed by atoms with Gasteiger partial charge in [0.25, 0.3) is 5.85 Å². The van der Waals surface area contributed by atoms with E-state index in [2.05, 4.69) is 10.3 Å². The van der Waals surface area contributed by atoms with E-state index in [1.807, 2.05) is 50.2 Å². The smallest absolute Gasteiger partial charge is 0.253 e. The SMILES string of the molecule is CC(C)NC[C@](O)(F)COc1cccc2[nH]c3ccccc3c12. The van der Waals surface area contributed by atoms with Crippen molar-refractivity contribution in [2.45, 2.75) is 25.7 Å². The first-order valence-corrected chi connectivity index (χ1v) is 7.73. The Kier molecular flexibility index (Phi) is 4.24. The maximum atomic E-state index is 14.1. The predicted molar refractivity (Wildman–Crippen MR) is 90.5 cm³/mol. The quantitative estimate of drug-likeness (QED) is 0.653. The zero-order valence-corrected chi connectivity index (χ0v) is 13.3. The summed E-state index contributed by atoms with van der Waals surface area (Å²) in [5, 5.41) is 14.6. The molecule has 0 saturated carbocycles. The molecule has 3 aromatic rings. The number of aromatic nitrogens is 1. The maximum absolute atomic E-state index is 14.1. The van der Waals surface area contributed by atoms with Crippen LogP contribution >= 0.6 is 0 Å². The molecule has 1 atom stereocenters. The van der Waals surface area contributed by atoms with E-state index < -0.39 is 12.5 Å². The molecule has 0 radical (unpaired) electrons. The first-order valence-electron chi connectivity index (χ1n) is 7.73. The van der Waals surface area contributed by atoms with Gasteiger partial charge < -0.3 is 20.1 Å². The van der Waals surface area contributed by atoms with Gasteiger partial charge in [0, 0.05) is 22.3 Å². The van der Waals surface area contributed by atoms with Gasteiger partial charge in [-0.1, -0.05) is 38.1 Å². The van der Waals surface area contributed by atoms with Crippen molar-refractivity contribution in [3.8, 4) is 5.75 Å². The molecule has 122 valence electrons. The molecule has 5 heteroatoms. The second-order valence-electron chi connectivity index (χ2n) is 6.09. The average Bonchev–Trinajstić information content (AvgIpc) is 2.90. The van der Waals surface area contributed by atoms with Crippen LogP contribution in [-0.2, 0) is 0 Å². The van der Waals surface area contributed by atoms with E-state index in [-0.39, 0.29) is 12.6 Å². The molecule has 3 N–H and O–H groups in total. The first kappa shape index (κ1) is 15.8. The fourth-order valence-electron chi connectivity index (χ4n) is 2.59. The van der Waals surface area contributed by atoms with Crippen molar-refractivity contribution in [1.82, 2.24) is 10.3 Å². The van der Waals surface area contributed by atoms with Crippen molar-refractivity contribution in [2.24, 2.45) is 0 Å². The molecule has 23 heavy (non-hydrogen) atoms. The van der Waals surface area contributed by atoms with E-state index in [0.717, 1.165) is 21.8 Å². The van der Waals surface area contributed by atoms with Crippen molar-refractivity contribution in [2.75, 3.05) is 13.2 Å². The highest BCUT2D eigenvalue weighted by atomic mass is 19.2. The highest BCUT2D eigenvalue weighted by Gasteiger charge is 2.27. The summed E-state index contributed by atoms with van der Waals surface area (Å²) in [5.41, 5.74) is 1.92. The number of H-pyrrole nitrogens is 1. The molecule has 0 amide bonds. The molecular weight excluding hydrogens is 295 g/mol. The summed E-state index contributed by atoms with van der Waals surface area (Å²) in [6.45, 7) is 3.19. The van der Waals surface area contributed by atoms with Gasteiger partial charge in [0.1, 0.15) is 12.4 Å². The number of fused-ring (bicyclic) bond motifs is 3. The number of ether oxygens (including phenoxy) is 1. The van der Waals surface area contributed by atoms with Crippen LogP contribution in [0.4, 0.5) is 4.39 Å². The van der Waals surface area contributed by atoms with Gasteiger partial charge in [-0.05, 0) is 18.2 Å². The second kappa shape index (κ2) is 6.18. The van der Waals surface area contributed by atoms with Crippen molar-refractivity contribution < 1.29 is 14.2 Å². The van der Waals surface area contributed by atoms with Crippen LogP contribution in [0.2, 0.25) is 0 Å². The van der Waals surface area contributed by atoms with Gasteiger partial charge in [0.05, 0.1) is 12.1 Å². The molecule has 3 rings (SSSR count). The summed E-state index contributed by atoms with van der Waals surface area (Å²) in [6, 6.07) is 13.5. The normalized spacial score (nSPS) is 14.5. The molecule has 0 aliphatic heterocycles. The standard InChI is InChI=1S/C18H21FN2O2/c1-12(2)20-10-18(19,22)11-23-16-9-5-8-15-17(16)13-6-3-4-7-14(13)21-15/h3-9,12,20-22H,10-11H2,1-2H3/t18-/m1/s1. The number of para-hydroxylation sites is 1. The third kappa shape index (κ3) is 3.46. The van der Waals surface area contributed by atoms with Gasteiger partial charge in [-0.15, -0.1) is 0 Å². The summed E-state index contributed by atoms with van der Waals surface area (Å²) < 4.78 is 19.7.